The Morgan fingerprint density at radius 3 is 3.19 bits per heavy atom. The molecule has 1 amide bonds. The molecule has 6 heteroatoms. The van der Waals surface area contributed by atoms with Crippen molar-refractivity contribution in [2.75, 3.05) is 23.4 Å². The maximum Gasteiger partial charge on any atom is 0.225 e. The second kappa shape index (κ2) is 6.64. The standard InChI is InChI=1S/C15H16ClN3OS/c16-12-3-4-13(11-2-1-5-18-15(11)12)19-14(20)8-10-9-21-7-6-17-10/h1-5,10,17H,6-9H2,(H,19,20). The lowest BCUT2D eigenvalue weighted by molar-refractivity contribution is -0.116. The van der Waals surface area contributed by atoms with Gasteiger partial charge in [0.25, 0.3) is 0 Å². The van der Waals surface area contributed by atoms with Gasteiger partial charge in [0.05, 0.1) is 16.2 Å². The molecule has 1 aliphatic rings. The Kier molecular flexibility index (Phi) is 4.63. The van der Waals surface area contributed by atoms with E-state index < -0.39 is 0 Å². The van der Waals surface area contributed by atoms with Crippen LogP contribution in [0.15, 0.2) is 30.5 Å². The van der Waals surface area contributed by atoms with Crippen LogP contribution in [0.5, 0.6) is 0 Å². The molecule has 0 aliphatic carbocycles. The highest BCUT2D eigenvalue weighted by atomic mass is 35.5. The topological polar surface area (TPSA) is 54.0 Å². The van der Waals surface area contributed by atoms with E-state index >= 15 is 0 Å². The molecule has 1 aliphatic heterocycles. The van der Waals surface area contributed by atoms with Gasteiger partial charge in [0.1, 0.15) is 0 Å². The maximum atomic E-state index is 12.2. The number of hydrogen-bond donors (Lipinski definition) is 2. The highest BCUT2D eigenvalue weighted by Gasteiger charge is 2.17. The van der Waals surface area contributed by atoms with Crippen LogP contribution in [0.3, 0.4) is 0 Å². The van der Waals surface area contributed by atoms with E-state index in [0.29, 0.717) is 17.0 Å². The van der Waals surface area contributed by atoms with E-state index in [-0.39, 0.29) is 11.9 Å². The van der Waals surface area contributed by atoms with Crippen molar-refractivity contribution in [3.05, 3.63) is 35.5 Å². The second-order valence-corrected chi connectivity index (χ2v) is 6.53. The molecule has 1 aromatic heterocycles. The quantitative estimate of drug-likeness (QED) is 0.912. The predicted octanol–water partition coefficient (Wildman–Crippen LogP) is 2.92. The number of amides is 1. The van der Waals surface area contributed by atoms with Gasteiger partial charge in [-0.1, -0.05) is 11.6 Å². The van der Waals surface area contributed by atoms with Crippen LogP contribution in [-0.4, -0.2) is 35.0 Å². The zero-order chi connectivity index (χ0) is 14.7. The van der Waals surface area contributed by atoms with E-state index in [0.717, 1.165) is 29.1 Å². The fourth-order valence-electron chi connectivity index (χ4n) is 2.42. The number of rotatable bonds is 3. The Hall–Kier alpha value is -1.30. The van der Waals surface area contributed by atoms with Gasteiger partial charge in [0, 0.05) is 42.1 Å². The van der Waals surface area contributed by atoms with Crippen molar-refractivity contribution in [1.29, 1.82) is 0 Å². The van der Waals surface area contributed by atoms with Crippen molar-refractivity contribution in [2.24, 2.45) is 0 Å². The number of fused-ring (bicyclic) bond motifs is 1. The van der Waals surface area contributed by atoms with E-state index in [1.807, 2.05) is 30.0 Å². The molecule has 0 spiro atoms. The van der Waals surface area contributed by atoms with Crippen LogP contribution in [0.1, 0.15) is 6.42 Å². The number of carbonyl (C=O) groups is 1. The molecule has 0 bridgehead atoms. The molecular weight excluding hydrogens is 306 g/mol. The van der Waals surface area contributed by atoms with Gasteiger partial charge in [-0.25, -0.2) is 0 Å². The summed E-state index contributed by atoms with van der Waals surface area (Å²) in [6, 6.07) is 7.60. The summed E-state index contributed by atoms with van der Waals surface area (Å²) in [6.45, 7) is 0.969. The van der Waals surface area contributed by atoms with Crippen molar-refractivity contribution in [1.82, 2.24) is 10.3 Å². The van der Waals surface area contributed by atoms with Gasteiger partial charge in [0.15, 0.2) is 0 Å². The summed E-state index contributed by atoms with van der Waals surface area (Å²) in [5.74, 6) is 2.12. The summed E-state index contributed by atoms with van der Waals surface area (Å²) in [5.41, 5.74) is 1.47. The molecule has 21 heavy (non-hydrogen) atoms. The number of anilines is 1. The molecule has 2 aromatic rings. The third kappa shape index (κ3) is 3.48. The Morgan fingerprint density at radius 1 is 1.48 bits per heavy atom. The number of benzene rings is 1. The average Bonchev–Trinajstić information content (AvgIpc) is 2.51. The lowest BCUT2D eigenvalue weighted by atomic mass is 10.1. The van der Waals surface area contributed by atoms with Crippen molar-refractivity contribution in [3.63, 3.8) is 0 Å². The lowest BCUT2D eigenvalue weighted by Crippen LogP contribution is -2.39. The number of hydrogen-bond acceptors (Lipinski definition) is 4. The zero-order valence-corrected chi connectivity index (χ0v) is 13.0. The highest BCUT2D eigenvalue weighted by Crippen LogP contribution is 2.28. The van der Waals surface area contributed by atoms with Crippen molar-refractivity contribution in [2.45, 2.75) is 12.5 Å². The van der Waals surface area contributed by atoms with E-state index in [2.05, 4.69) is 15.6 Å². The zero-order valence-electron chi connectivity index (χ0n) is 11.4. The molecule has 1 saturated heterocycles. The molecule has 1 aromatic carbocycles. The largest absolute Gasteiger partial charge is 0.325 e. The number of halogens is 1. The first kappa shape index (κ1) is 14.6. The molecule has 2 heterocycles. The summed E-state index contributed by atoms with van der Waals surface area (Å²) in [6.07, 6.45) is 2.18. The number of thioether (sulfide) groups is 1. The molecule has 1 unspecified atom stereocenters. The smallest absolute Gasteiger partial charge is 0.225 e. The van der Waals surface area contributed by atoms with E-state index in [4.69, 9.17) is 11.6 Å². The lowest BCUT2D eigenvalue weighted by Gasteiger charge is -2.22. The van der Waals surface area contributed by atoms with Gasteiger partial charge < -0.3 is 10.6 Å². The first-order valence-electron chi connectivity index (χ1n) is 6.88. The van der Waals surface area contributed by atoms with E-state index in [1.165, 1.54) is 0 Å². The number of carbonyl (C=O) groups excluding carboxylic acids is 1. The van der Waals surface area contributed by atoms with Crippen LogP contribution >= 0.6 is 23.4 Å². The molecule has 0 radical (unpaired) electrons. The van der Waals surface area contributed by atoms with Crippen LogP contribution < -0.4 is 10.6 Å². The average molecular weight is 322 g/mol. The van der Waals surface area contributed by atoms with Crippen LogP contribution in [0, 0.1) is 0 Å². The van der Waals surface area contributed by atoms with Gasteiger partial charge in [-0.15, -0.1) is 0 Å². The molecular formula is C15H16ClN3OS. The van der Waals surface area contributed by atoms with Crippen LogP contribution in [0.25, 0.3) is 10.9 Å². The molecule has 0 saturated carbocycles. The summed E-state index contributed by atoms with van der Waals surface area (Å²) < 4.78 is 0. The minimum atomic E-state index is 0.0162. The molecule has 1 fully saturated rings. The van der Waals surface area contributed by atoms with Gasteiger partial charge in [-0.05, 0) is 24.3 Å². The third-order valence-corrected chi connectivity index (χ3v) is 4.86. The highest BCUT2D eigenvalue weighted by molar-refractivity contribution is 7.99. The summed E-state index contributed by atoms with van der Waals surface area (Å²) >= 11 is 8.02. The van der Waals surface area contributed by atoms with Gasteiger partial charge >= 0.3 is 0 Å². The van der Waals surface area contributed by atoms with Crippen molar-refractivity contribution in [3.8, 4) is 0 Å². The van der Waals surface area contributed by atoms with Crippen molar-refractivity contribution >= 4 is 45.9 Å². The molecule has 1 atom stereocenters. The van der Waals surface area contributed by atoms with Gasteiger partial charge in [0.2, 0.25) is 5.91 Å². The SMILES string of the molecule is O=C(CC1CSCCN1)Nc1ccc(Cl)c2ncccc12. The molecule has 3 rings (SSSR count). The number of aromatic nitrogens is 1. The van der Waals surface area contributed by atoms with E-state index in [9.17, 15) is 4.79 Å². The summed E-state index contributed by atoms with van der Waals surface area (Å²) in [4.78, 5) is 16.5. The summed E-state index contributed by atoms with van der Waals surface area (Å²) in [5, 5.41) is 7.80. The Morgan fingerprint density at radius 2 is 2.38 bits per heavy atom. The monoisotopic (exact) mass is 321 g/mol. The van der Waals surface area contributed by atoms with Crippen molar-refractivity contribution < 1.29 is 4.79 Å². The maximum absolute atomic E-state index is 12.2. The first-order valence-corrected chi connectivity index (χ1v) is 8.41. The van der Waals surface area contributed by atoms with Crippen LogP contribution in [0.2, 0.25) is 5.02 Å². The fraction of sp³-hybridized carbons (Fsp3) is 0.333. The Balaban J connectivity index is 1.75. The molecule has 110 valence electrons. The third-order valence-electron chi connectivity index (χ3n) is 3.42. The Labute approximate surface area is 132 Å². The fourth-order valence-corrected chi connectivity index (χ4v) is 3.59. The normalized spacial score (nSPS) is 18.6. The molecule has 2 N–H and O–H groups in total. The number of nitrogens with one attached hydrogen (secondary N) is 2. The first-order chi connectivity index (χ1) is 10.2. The summed E-state index contributed by atoms with van der Waals surface area (Å²) in [7, 11) is 0. The number of pyridine rings is 1. The predicted molar refractivity (Wildman–Crippen MR) is 89.1 cm³/mol. The second-order valence-electron chi connectivity index (χ2n) is 4.97. The van der Waals surface area contributed by atoms with Crippen LogP contribution in [0.4, 0.5) is 5.69 Å². The minimum Gasteiger partial charge on any atom is -0.325 e. The van der Waals surface area contributed by atoms with Gasteiger partial charge in [-0.3, -0.25) is 9.78 Å². The minimum absolute atomic E-state index is 0.0162. The van der Waals surface area contributed by atoms with Gasteiger partial charge in [-0.2, -0.15) is 11.8 Å². The Bertz CT molecular complexity index is 658. The molecule has 4 nitrogen and oxygen atoms in total. The van der Waals surface area contributed by atoms with E-state index in [1.54, 1.807) is 12.3 Å². The van der Waals surface area contributed by atoms with Crippen LogP contribution in [-0.2, 0) is 4.79 Å². The number of nitrogens with zero attached hydrogens (tertiary/aromatic N) is 1.